The highest BCUT2D eigenvalue weighted by Gasteiger charge is 2.33. The van der Waals surface area contributed by atoms with E-state index >= 15 is 0 Å². The number of carbonyl (C=O) groups excluding carboxylic acids is 2. The predicted octanol–water partition coefficient (Wildman–Crippen LogP) is 0.707. The zero-order valence-corrected chi connectivity index (χ0v) is 11.6. The summed E-state index contributed by atoms with van der Waals surface area (Å²) in [6.45, 7) is 4.92. The van der Waals surface area contributed by atoms with Crippen LogP contribution in [0.1, 0.15) is 26.2 Å². The van der Waals surface area contributed by atoms with Gasteiger partial charge in [-0.2, -0.15) is 0 Å². The summed E-state index contributed by atoms with van der Waals surface area (Å²) in [5.74, 6) is 0.494. The van der Waals surface area contributed by atoms with Crippen LogP contribution in [0.4, 0.5) is 4.79 Å². The third kappa shape index (κ3) is 3.17. The normalized spacial score (nSPS) is 32.1. The van der Waals surface area contributed by atoms with Gasteiger partial charge >= 0.3 is 0 Å². The summed E-state index contributed by atoms with van der Waals surface area (Å²) in [5, 5.41) is 8.97. The van der Waals surface area contributed by atoms with Crippen LogP contribution in [0.25, 0.3) is 0 Å². The van der Waals surface area contributed by atoms with Crippen molar-refractivity contribution >= 4 is 22.9 Å². The molecule has 2 amide bonds. The van der Waals surface area contributed by atoms with Gasteiger partial charge in [-0.25, -0.2) is 0 Å². The highest BCUT2D eigenvalue weighted by atomic mass is 32.2. The highest BCUT2D eigenvalue weighted by Crippen LogP contribution is 2.29. The van der Waals surface area contributed by atoms with Gasteiger partial charge in [0.05, 0.1) is 0 Å². The number of thioether (sulfide) groups is 1. The summed E-state index contributed by atoms with van der Waals surface area (Å²) in [6.07, 6.45) is 3.38. The second-order valence-electron chi connectivity index (χ2n) is 5.15. The van der Waals surface area contributed by atoms with Crippen LogP contribution in [-0.2, 0) is 4.79 Å². The van der Waals surface area contributed by atoms with E-state index in [2.05, 4.69) is 22.9 Å². The van der Waals surface area contributed by atoms with Crippen LogP contribution in [0.3, 0.4) is 0 Å². The van der Waals surface area contributed by atoms with E-state index < -0.39 is 0 Å². The fourth-order valence-electron chi connectivity index (χ4n) is 2.53. The second-order valence-corrected chi connectivity index (χ2v) is 6.14. The van der Waals surface area contributed by atoms with Crippen LogP contribution in [0, 0.1) is 5.41 Å². The van der Waals surface area contributed by atoms with Crippen LogP contribution in [-0.4, -0.2) is 42.6 Å². The van der Waals surface area contributed by atoms with Gasteiger partial charge in [0, 0.05) is 18.8 Å². The lowest BCUT2D eigenvalue weighted by molar-refractivity contribution is -0.122. The Kier molecular flexibility index (Phi) is 4.50. The smallest absolute Gasteiger partial charge is 0.279 e. The Balaban J connectivity index is 1.82. The van der Waals surface area contributed by atoms with Gasteiger partial charge in [0.25, 0.3) is 5.24 Å². The number of hydrogen-bond acceptors (Lipinski definition) is 4. The number of rotatable bonds is 4. The molecule has 5 nitrogen and oxygen atoms in total. The molecular weight excluding hydrogens is 250 g/mol. The third-order valence-electron chi connectivity index (χ3n) is 3.94. The zero-order chi connectivity index (χ0) is 13.0. The van der Waals surface area contributed by atoms with Gasteiger partial charge in [-0.05, 0) is 31.2 Å². The first kappa shape index (κ1) is 13.7. The Morgan fingerprint density at radius 2 is 2.44 bits per heavy atom. The Labute approximate surface area is 112 Å². The Morgan fingerprint density at radius 3 is 3.00 bits per heavy atom. The minimum Gasteiger partial charge on any atom is -0.354 e. The first-order valence-electron chi connectivity index (χ1n) is 6.57. The average Bonchev–Trinajstić information content (AvgIpc) is 2.84. The molecule has 0 aromatic rings. The molecule has 2 unspecified atom stereocenters. The molecule has 102 valence electrons. The molecule has 0 aliphatic carbocycles. The van der Waals surface area contributed by atoms with Crippen molar-refractivity contribution in [3.05, 3.63) is 0 Å². The molecule has 6 heteroatoms. The molecule has 0 aromatic heterocycles. The van der Waals surface area contributed by atoms with Crippen molar-refractivity contribution in [1.29, 1.82) is 0 Å². The van der Waals surface area contributed by atoms with Crippen molar-refractivity contribution in [2.24, 2.45) is 5.41 Å². The Bertz CT molecular complexity index is 329. The molecule has 2 rings (SSSR count). The standard InChI is InChI=1S/C12H21N3O2S/c1-2-12(4-3-5-13-7-12)8-14-10(16)9-6-18-11(17)15-9/h9,13H,2-8H2,1H3,(H,14,16)(H,15,17). The topological polar surface area (TPSA) is 70.2 Å². The largest absolute Gasteiger partial charge is 0.354 e. The van der Waals surface area contributed by atoms with Crippen molar-refractivity contribution in [3.8, 4) is 0 Å². The molecule has 2 aliphatic heterocycles. The number of carbonyl (C=O) groups is 2. The first-order valence-corrected chi connectivity index (χ1v) is 7.55. The van der Waals surface area contributed by atoms with Crippen LogP contribution < -0.4 is 16.0 Å². The second kappa shape index (κ2) is 5.93. The summed E-state index contributed by atoms with van der Waals surface area (Å²) in [4.78, 5) is 23.0. The van der Waals surface area contributed by atoms with Crippen molar-refractivity contribution in [1.82, 2.24) is 16.0 Å². The van der Waals surface area contributed by atoms with Crippen molar-refractivity contribution < 1.29 is 9.59 Å². The Morgan fingerprint density at radius 1 is 1.61 bits per heavy atom. The summed E-state index contributed by atoms with van der Waals surface area (Å²) in [5.41, 5.74) is 0.184. The molecule has 3 N–H and O–H groups in total. The molecule has 2 fully saturated rings. The summed E-state index contributed by atoms with van der Waals surface area (Å²) in [7, 11) is 0. The van der Waals surface area contributed by atoms with Crippen LogP contribution in [0.15, 0.2) is 0 Å². The van der Waals surface area contributed by atoms with Crippen LogP contribution in [0.5, 0.6) is 0 Å². The van der Waals surface area contributed by atoms with Gasteiger partial charge in [-0.15, -0.1) is 0 Å². The SMILES string of the molecule is CCC1(CNC(=O)C2CSC(=O)N2)CCCNC1. The fraction of sp³-hybridized carbons (Fsp3) is 0.833. The molecule has 2 aliphatic rings. The molecule has 0 bridgehead atoms. The quantitative estimate of drug-likeness (QED) is 0.704. The number of hydrogen-bond donors (Lipinski definition) is 3. The minimum absolute atomic E-state index is 0.0493. The van der Waals surface area contributed by atoms with E-state index in [0.29, 0.717) is 12.3 Å². The number of piperidine rings is 1. The van der Waals surface area contributed by atoms with Crippen molar-refractivity contribution in [2.45, 2.75) is 32.2 Å². The summed E-state index contributed by atoms with van der Waals surface area (Å²) >= 11 is 1.18. The predicted molar refractivity (Wildman–Crippen MR) is 72.6 cm³/mol. The summed E-state index contributed by atoms with van der Waals surface area (Å²) in [6, 6.07) is -0.354. The molecule has 2 saturated heterocycles. The van der Waals surface area contributed by atoms with Gasteiger partial charge in [0.1, 0.15) is 6.04 Å². The lowest BCUT2D eigenvalue weighted by Gasteiger charge is -2.37. The van der Waals surface area contributed by atoms with Crippen LogP contribution in [0.2, 0.25) is 0 Å². The maximum atomic E-state index is 11.9. The van der Waals surface area contributed by atoms with E-state index in [1.54, 1.807) is 0 Å². The maximum Gasteiger partial charge on any atom is 0.279 e. The van der Waals surface area contributed by atoms with Gasteiger partial charge in [0.2, 0.25) is 5.91 Å². The molecule has 0 radical (unpaired) electrons. The van der Waals surface area contributed by atoms with E-state index in [4.69, 9.17) is 0 Å². The van der Waals surface area contributed by atoms with Gasteiger partial charge in [0.15, 0.2) is 0 Å². The minimum atomic E-state index is -0.354. The molecular formula is C12H21N3O2S. The van der Waals surface area contributed by atoms with E-state index in [0.717, 1.165) is 25.9 Å². The molecule has 0 aromatic carbocycles. The van der Waals surface area contributed by atoms with Gasteiger partial charge in [-0.3, -0.25) is 9.59 Å². The summed E-state index contributed by atoms with van der Waals surface area (Å²) < 4.78 is 0. The van der Waals surface area contributed by atoms with Crippen molar-refractivity contribution in [3.63, 3.8) is 0 Å². The fourth-order valence-corrected chi connectivity index (χ4v) is 3.31. The number of amides is 2. The third-order valence-corrected chi connectivity index (χ3v) is 4.82. The molecule has 2 heterocycles. The highest BCUT2D eigenvalue weighted by molar-refractivity contribution is 8.14. The average molecular weight is 271 g/mol. The zero-order valence-electron chi connectivity index (χ0n) is 10.8. The van der Waals surface area contributed by atoms with Gasteiger partial charge in [-0.1, -0.05) is 18.7 Å². The van der Waals surface area contributed by atoms with Crippen LogP contribution >= 0.6 is 11.8 Å². The molecule has 0 saturated carbocycles. The molecule has 0 spiro atoms. The van der Waals surface area contributed by atoms with Crippen molar-refractivity contribution in [2.75, 3.05) is 25.4 Å². The van der Waals surface area contributed by atoms with E-state index in [9.17, 15) is 9.59 Å². The van der Waals surface area contributed by atoms with E-state index in [1.165, 1.54) is 18.2 Å². The first-order chi connectivity index (χ1) is 8.65. The maximum absolute atomic E-state index is 11.9. The Hall–Kier alpha value is -0.750. The van der Waals surface area contributed by atoms with Gasteiger partial charge < -0.3 is 16.0 Å². The monoisotopic (exact) mass is 271 g/mol. The lowest BCUT2D eigenvalue weighted by atomic mass is 9.78. The molecule has 18 heavy (non-hydrogen) atoms. The molecule has 2 atom stereocenters. The number of nitrogens with one attached hydrogen (secondary N) is 3. The van der Waals surface area contributed by atoms with E-state index in [1.807, 2.05) is 0 Å². The van der Waals surface area contributed by atoms with E-state index in [-0.39, 0.29) is 22.6 Å². The lowest BCUT2D eigenvalue weighted by Crippen LogP contribution is -2.50.